The lowest BCUT2D eigenvalue weighted by molar-refractivity contribution is 0.0636. The number of nitrogens with zero attached hydrogens (tertiary/aromatic N) is 3. The molecule has 0 spiro atoms. The van der Waals surface area contributed by atoms with Crippen molar-refractivity contribution in [1.29, 1.82) is 0 Å². The van der Waals surface area contributed by atoms with Crippen LogP contribution in [-0.4, -0.2) is 32.4 Å². The fraction of sp³-hybridized carbons (Fsp3) is 0.294. The number of aryl methyl sites for hydroxylation is 1. The van der Waals surface area contributed by atoms with Crippen LogP contribution in [0.15, 0.2) is 24.4 Å². The van der Waals surface area contributed by atoms with Crippen LogP contribution in [0.5, 0.6) is 0 Å². The molecule has 135 valence electrons. The van der Waals surface area contributed by atoms with E-state index in [1.54, 1.807) is 31.5 Å². The molecule has 26 heavy (non-hydrogen) atoms. The van der Waals surface area contributed by atoms with Crippen LogP contribution in [0.25, 0.3) is 10.9 Å². The van der Waals surface area contributed by atoms with Crippen molar-refractivity contribution in [3.8, 4) is 0 Å². The molecule has 2 aromatic heterocycles. The van der Waals surface area contributed by atoms with E-state index in [2.05, 4.69) is 26.2 Å². The van der Waals surface area contributed by atoms with E-state index in [1.807, 2.05) is 25.4 Å². The number of hydrogen-bond acceptors (Lipinski definition) is 6. The predicted molar refractivity (Wildman–Crippen MR) is 99.5 cm³/mol. The largest absolute Gasteiger partial charge is 0.444 e. The Morgan fingerprint density at radius 2 is 2.04 bits per heavy atom. The van der Waals surface area contributed by atoms with Crippen molar-refractivity contribution in [3.05, 3.63) is 35.6 Å². The molecule has 9 heteroatoms. The third-order valence-corrected chi connectivity index (χ3v) is 3.91. The Hall–Kier alpha value is -2.94. The maximum atomic E-state index is 12.5. The van der Waals surface area contributed by atoms with Gasteiger partial charge < -0.3 is 10.1 Å². The summed E-state index contributed by atoms with van der Waals surface area (Å²) in [4.78, 5) is 28.3. The van der Waals surface area contributed by atoms with Gasteiger partial charge in [-0.25, -0.2) is 9.78 Å². The smallest absolute Gasteiger partial charge is 0.412 e. The molecule has 0 aliphatic heterocycles. The second kappa shape index (κ2) is 6.75. The van der Waals surface area contributed by atoms with Crippen LogP contribution >= 0.6 is 11.3 Å². The third-order valence-electron chi connectivity index (χ3n) is 3.23. The predicted octanol–water partition coefficient (Wildman–Crippen LogP) is 3.43. The number of nitrogens with one attached hydrogen (secondary N) is 2. The van der Waals surface area contributed by atoms with Gasteiger partial charge in [-0.2, -0.15) is 5.10 Å². The van der Waals surface area contributed by atoms with E-state index in [1.165, 1.54) is 0 Å². The average Bonchev–Trinajstić information content (AvgIpc) is 3.10. The fourth-order valence-corrected chi connectivity index (χ4v) is 2.86. The van der Waals surface area contributed by atoms with Gasteiger partial charge in [0.2, 0.25) is 0 Å². The number of hydrogen-bond donors (Lipinski definition) is 2. The van der Waals surface area contributed by atoms with Gasteiger partial charge in [-0.05, 0) is 39.0 Å². The van der Waals surface area contributed by atoms with Crippen LogP contribution in [0.1, 0.15) is 31.3 Å². The first-order chi connectivity index (χ1) is 12.2. The third kappa shape index (κ3) is 4.17. The highest BCUT2D eigenvalue weighted by Crippen LogP contribution is 2.23. The molecule has 0 saturated carbocycles. The van der Waals surface area contributed by atoms with E-state index in [9.17, 15) is 9.59 Å². The van der Waals surface area contributed by atoms with Crippen LogP contribution < -0.4 is 10.6 Å². The highest BCUT2D eigenvalue weighted by Gasteiger charge is 2.21. The number of fused-ring (bicyclic) bond motifs is 1. The molecule has 0 aliphatic rings. The second-order valence-corrected chi connectivity index (χ2v) is 7.44. The molecule has 0 atom stereocenters. The molecule has 0 aliphatic carbocycles. The zero-order valence-corrected chi connectivity index (χ0v) is 15.6. The summed E-state index contributed by atoms with van der Waals surface area (Å²) in [5.74, 6) is -0.447. The number of amides is 2. The minimum Gasteiger partial charge on any atom is -0.444 e. The molecule has 1 radical (unpaired) electrons. The Kier molecular flexibility index (Phi) is 4.64. The van der Waals surface area contributed by atoms with E-state index in [0.29, 0.717) is 5.69 Å². The van der Waals surface area contributed by atoms with E-state index in [0.717, 1.165) is 22.2 Å². The van der Waals surface area contributed by atoms with Gasteiger partial charge in [0.1, 0.15) is 10.6 Å². The van der Waals surface area contributed by atoms with E-state index in [-0.39, 0.29) is 10.7 Å². The van der Waals surface area contributed by atoms with E-state index in [4.69, 9.17) is 4.74 Å². The molecule has 0 bridgehead atoms. The number of rotatable bonds is 3. The van der Waals surface area contributed by atoms with Gasteiger partial charge >= 0.3 is 6.09 Å². The number of aromatic nitrogens is 3. The highest BCUT2D eigenvalue weighted by atomic mass is 32.1. The number of anilines is 2. The van der Waals surface area contributed by atoms with Gasteiger partial charge in [0.15, 0.2) is 11.2 Å². The fourth-order valence-electron chi connectivity index (χ4n) is 2.27. The SMILES string of the molecule is Cn1cc2cc(NC(=O)c3n[c]sc3NC(=O)OC(C)(C)C)ccc2n1. The summed E-state index contributed by atoms with van der Waals surface area (Å²) in [5, 5.41) is 10.8. The first-order valence-electron chi connectivity index (χ1n) is 7.83. The number of carbonyl (C=O) groups excluding carboxylic acids is 2. The Labute approximate surface area is 154 Å². The summed E-state index contributed by atoms with van der Waals surface area (Å²) in [5.41, 5.74) is 3.49. The molecule has 0 saturated heterocycles. The average molecular weight is 372 g/mol. The van der Waals surface area contributed by atoms with Gasteiger partial charge in [-0.15, -0.1) is 0 Å². The Morgan fingerprint density at radius 3 is 2.77 bits per heavy atom. The van der Waals surface area contributed by atoms with Crippen molar-refractivity contribution < 1.29 is 14.3 Å². The molecule has 0 unspecified atom stereocenters. The molecule has 2 N–H and O–H groups in total. The molecule has 2 heterocycles. The Balaban J connectivity index is 1.73. The second-order valence-electron chi connectivity index (χ2n) is 6.64. The van der Waals surface area contributed by atoms with Crippen molar-refractivity contribution in [2.75, 3.05) is 10.6 Å². The summed E-state index contributed by atoms with van der Waals surface area (Å²) in [7, 11) is 1.83. The molecule has 2 amide bonds. The van der Waals surface area contributed by atoms with Crippen molar-refractivity contribution in [3.63, 3.8) is 0 Å². The van der Waals surface area contributed by atoms with Crippen molar-refractivity contribution in [1.82, 2.24) is 14.8 Å². The lowest BCUT2D eigenvalue weighted by Crippen LogP contribution is -2.27. The zero-order chi connectivity index (χ0) is 18.9. The summed E-state index contributed by atoms with van der Waals surface area (Å²) in [6, 6.07) is 5.39. The van der Waals surface area contributed by atoms with Crippen molar-refractivity contribution >= 4 is 44.9 Å². The van der Waals surface area contributed by atoms with Gasteiger partial charge in [0.05, 0.1) is 5.52 Å². The monoisotopic (exact) mass is 372 g/mol. The number of thiazole rings is 1. The quantitative estimate of drug-likeness (QED) is 0.734. The van der Waals surface area contributed by atoms with Gasteiger partial charge in [-0.1, -0.05) is 11.3 Å². The Bertz CT molecular complexity index is 970. The van der Waals surface area contributed by atoms with Gasteiger partial charge in [0, 0.05) is 24.3 Å². The summed E-state index contributed by atoms with van der Waals surface area (Å²) >= 11 is 1.03. The maximum absolute atomic E-state index is 12.5. The molecule has 0 fully saturated rings. The van der Waals surface area contributed by atoms with E-state index < -0.39 is 17.6 Å². The molecule has 3 aromatic rings. The minimum atomic E-state index is -0.652. The first-order valence-corrected chi connectivity index (χ1v) is 8.64. The summed E-state index contributed by atoms with van der Waals surface area (Å²) < 4.78 is 6.89. The first kappa shape index (κ1) is 17.9. The summed E-state index contributed by atoms with van der Waals surface area (Å²) in [6.45, 7) is 5.27. The lowest BCUT2D eigenvalue weighted by Gasteiger charge is -2.19. The minimum absolute atomic E-state index is 0.0761. The van der Waals surface area contributed by atoms with Gasteiger partial charge in [0.25, 0.3) is 5.91 Å². The maximum Gasteiger partial charge on any atom is 0.412 e. The van der Waals surface area contributed by atoms with Crippen LogP contribution in [0, 0.1) is 5.51 Å². The topological polar surface area (TPSA) is 98.1 Å². The molecule has 1 aromatic carbocycles. The molecular weight excluding hydrogens is 354 g/mol. The standard InChI is InChI=1S/C17H18N5O3S/c1-17(2,3)25-16(24)20-15-13(18-9-26-15)14(23)19-11-5-6-12-10(7-11)8-22(4)21-12/h5-8H,1-4H3,(H,19,23)(H,20,24). The zero-order valence-electron chi connectivity index (χ0n) is 14.8. The number of carbonyl (C=O) groups is 2. The number of ether oxygens (including phenoxy) is 1. The van der Waals surface area contributed by atoms with Crippen molar-refractivity contribution in [2.45, 2.75) is 26.4 Å². The molecule has 8 nitrogen and oxygen atoms in total. The molecule has 3 rings (SSSR count). The van der Waals surface area contributed by atoms with Crippen LogP contribution in [0.3, 0.4) is 0 Å². The van der Waals surface area contributed by atoms with Crippen LogP contribution in [0.2, 0.25) is 0 Å². The number of benzene rings is 1. The van der Waals surface area contributed by atoms with Crippen LogP contribution in [-0.2, 0) is 11.8 Å². The van der Waals surface area contributed by atoms with E-state index >= 15 is 0 Å². The van der Waals surface area contributed by atoms with Gasteiger partial charge in [-0.3, -0.25) is 14.8 Å². The van der Waals surface area contributed by atoms with Crippen molar-refractivity contribution in [2.24, 2.45) is 7.05 Å². The lowest BCUT2D eigenvalue weighted by atomic mass is 10.2. The summed E-state index contributed by atoms with van der Waals surface area (Å²) in [6.07, 6.45) is 1.21. The van der Waals surface area contributed by atoms with Crippen LogP contribution in [0.4, 0.5) is 15.5 Å². The normalized spacial score (nSPS) is 11.4. The highest BCUT2D eigenvalue weighted by molar-refractivity contribution is 7.14. The Morgan fingerprint density at radius 1 is 1.27 bits per heavy atom. The molecular formula is C17H18N5O3S.